The normalized spacial score (nSPS) is 12.8. The van der Waals surface area contributed by atoms with Crippen molar-refractivity contribution in [1.29, 1.82) is 0 Å². The summed E-state index contributed by atoms with van der Waals surface area (Å²) >= 11 is 5.19. The molecular formula is C14H15BrOS. The van der Waals surface area contributed by atoms with Crippen LogP contribution in [0.3, 0.4) is 0 Å². The molecule has 1 N–H and O–H groups in total. The molecule has 0 aliphatic rings. The van der Waals surface area contributed by atoms with Gasteiger partial charge in [0.05, 0.1) is 0 Å². The molecule has 1 aromatic carbocycles. The van der Waals surface area contributed by atoms with Crippen LogP contribution >= 0.6 is 27.3 Å². The summed E-state index contributed by atoms with van der Waals surface area (Å²) in [5, 5.41) is 10.3. The van der Waals surface area contributed by atoms with Crippen LogP contribution < -0.4 is 0 Å². The lowest BCUT2D eigenvalue weighted by Gasteiger charge is -2.12. The number of aryl methyl sites for hydroxylation is 3. The minimum absolute atomic E-state index is 0.515. The van der Waals surface area contributed by atoms with Crippen molar-refractivity contribution in [3.8, 4) is 0 Å². The van der Waals surface area contributed by atoms with Gasteiger partial charge in [0.2, 0.25) is 0 Å². The molecule has 0 aliphatic carbocycles. The third-order valence-corrected chi connectivity index (χ3v) is 5.11. The molecule has 0 saturated heterocycles. The Hall–Kier alpha value is -0.640. The van der Waals surface area contributed by atoms with E-state index in [0.717, 1.165) is 26.0 Å². The molecular weight excluding hydrogens is 296 g/mol. The van der Waals surface area contributed by atoms with Crippen LogP contribution in [0.2, 0.25) is 0 Å². The number of halogens is 1. The minimum atomic E-state index is -0.515. The molecule has 2 rings (SSSR count). The van der Waals surface area contributed by atoms with Crippen molar-refractivity contribution in [3.63, 3.8) is 0 Å². The number of thiophene rings is 1. The zero-order valence-electron chi connectivity index (χ0n) is 10.1. The number of benzene rings is 1. The molecule has 0 fully saturated rings. The van der Waals surface area contributed by atoms with E-state index in [1.807, 2.05) is 38.1 Å². The second-order valence-corrected chi connectivity index (χ2v) is 6.43. The Balaban J connectivity index is 2.41. The molecule has 1 aromatic heterocycles. The van der Waals surface area contributed by atoms with Crippen LogP contribution in [0.4, 0.5) is 0 Å². The summed E-state index contributed by atoms with van der Waals surface area (Å²) in [7, 11) is 0. The lowest BCUT2D eigenvalue weighted by molar-refractivity contribution is 0.224. The maximum atomic E-state index is 10.3. The number of aliphatic hydroxyl groups is 1. The van der Waals surface area contributed by atoms with E-state index in [-0.39, 0.29) is 0 Å². The molecule has 1 unspecified atom stereocenters. The smallest absolute Gasteiger partial charge is 0.113 e. The molecule has 1 nitrogen and oxygen atoms in total. The second kappa shape index (κ2) is 4.92. The van der Waals surface area contributed by atoms with Crippen molar-refractivity contribution >= 4 is 27.3 Å². The summed E-state index contributed by atoms with van der Waals surface area (Å²) in [5.74, 6) is 0. The van der Waals surface area contributed by atoms with Crippen LogP contribution in [-0.4, -0.2) is 5.11 Å². The lowest BCUT2D eigenvalue weighted by Crippen LogP contribution is -1.99. The van der Waals surface area contributed by atoms with Gasteiger partial charge in [-0.25, -0.2) is 0 Å². The van der Waals surface area contributed by atoms with Crippen LogP contribution in [0.5, 0.6) is 0 Å². The Morgan fingerprint density at radius 2 is 1.71 bits per heavy atom. The Kier molecular flexibility index (Phi) is 3.71. The van der Waals surface area contributed by atoms with Gasteiger partial charge in [-0.05, 0) is 49.6 Å². The summed E-state index contributed by atoms with van der Waals surface area (Å²) in [6.45, 7) is 6.15. The maximum Gasteiger partial charge on any atom is 0.113 e. The number of hydrogen-bond donors (Lipinski definition) is 1. The van der Waals surface area contributed by atoms with Gasteiger partial charge in [-0.1, -0.05) is 28.1 Å². The molecule has 0 amide bonds. The maximum absolute atomic E-state index is 10.3. The fraction of sp³-hybridized carbons (Fsp3) is 0.286. The van der Waals surface area contributed by atoms with Gasteiger partial charge in [-0.3, -0.25) is 0 Å². The fourth-order valence-electron chi connectivity index (χ4n) is 1.90. The molecule has 0 spiro atoms. The predicted octanol–water partition coefficient (Wildman–Crippen LogP) is 4.52. The van der Waals surface area contributed by atoms with Gasteiger partial charge in [0.1, 0.15) is 6.10 Å². The van der Waals surface area contributed by atoms with Gasteiger partial charge in [-0.15, -0.1) is 11.3 Å². The van der Waals surface area contributed by atoms with Crippen LogP contribution in [0, 0.1) is 20.8 Å². The van der Waals surface area contributed by atoms with Crippen molar-refractivity contribution in [2.75, 3.05) is 0 Å². The first kappa shape index (κ1) is 12.8. The van der Waals surface area contributed by atoms with Crippen molar-refractivity contribution in [3.05, 3.63) is 55.2 Å². The zero-order valence-corrected chi connectivity index (χ0v) is 12.5. The SMILES string of the molecule is Cc1ccc(C(O)c2cc(C)c(Br)c(C)c2)s1. The van der Waals surface area contributed by atoms with E-state index < -0.39 is 6.10 Å². The molecule has 1 atom stereocenters. The largest absolute Gasteiger partial charge is 0.383 e. The summed E-state index contributed by atoms with van der Waals surface area (Å²) in [4.78, 5) is 2.23. The van der Waals surface area contributed by atoms with Crippen LogP contribution in [0.1, 0.15) is 32.5 Å². The average Bonchev–Trinajstić information content (AvgIpc) is 2.71. The highest BCUT2D eigenvalue weighted by atomic mass is 79.9. The molecule has 0 bridgehead atoms. The quantitative estimate of drug-likeness (QED) is 0.864. The summed E-state index contributed by atoms with van der Waals surface area (Å²) in [5.41, 5.74) is 3.28. The van der Waals surface area contributed by atoms with Crippen molar-refractivity contribution in [1.82, 2.24) is 0 Å². The second-order valence-electron chi connectivity index (χ2n) is 4.32. The topological polar surface area (TPSA) is 20.2 Å². The summed E-state index contributed by atoms with van der Waals surface area (Å²) < 4.78 is 1.12. The third-order valence-electron chi connectivity index (χ3n) is 2.81. The third kappa shape index (κ3) is 2.62. The first-order valence-electron chi connectivity index (χ1n) is 5.50. The molecule has 17 heavy (non-hydrogen) atoms. The van der Waals surface area contributed by atoms with Gasteiger partial charge in [-0.2, -0.15) is 0 Å². The molecule has 1 heterocycles. The summed E-state index contributed by atoms with van der Waals surface area (Å²) in [6.07, 6.45) is -0.515. The molecule has 0 radical (unpaired) electrons. The van der Waals surface area contributed by atoms with Crippen LogP contribution in [-0.2, 0) is 0 Å². The minimum Gasteiger partial charge on any atom is -0.383 e. The molecule has 0 aliphatic heterocycles. The van der Waals surface area contributed by atoms with Crippen LogP contribution in [0.15, 0.2) is 28.7 Å². The zero-order chi connectivity index (χ0) is 12.6. The van der Waals surface area contributed by atoms with E-state index in [1.54, 1.807) is 11.3 Å². The van der Waals surface area contributed by atoms with Crippen LogP contribution in [0.25, 0.3) is 0 Å². The Labute approximate surface area is 114 Å². The highest BCUT2D eigenvalue weighted by Crippen LogP contribution is 2.31. The molecule has 0 saturated carbocycles. The Morgan fingerprint density at radius 1 is 1.12 bits per heavy atom. The predicted molar refractivity (Wildman–Crippen MR) is 76.7 cm³/mol. The van der Waals surface area contributed by atoms with Crippen molar-refractivity contribution < 1.29 is 5.11 Å². The van der Waals surface area contributed by atoms with Gasteiger partial charge < -0.3 is 5.11 Å². The van der Waals surface area contributed by atoms with Crippen molar-refractivity contribution in [2.45, 2.75) is 26.9 Å². The van der Waals surface area contributed by atoms with Gasteiger partial charge in [0.25, 0.3) is 0 Å². The summed E-state index contributed by atoms with van der Waals surface area (Å²) in [6, 6.07) is 8.12. The highest BCUT2D eigenvalue weighted by molar-refractivity contribution is 9.10. The molecule has 3 heteroatoms. The van der Waals surface area contributed by atoms with Gasteiger partial charge in [0.15, 0.2) is 0 Å². The van der Waals surface area contributed by atoms with E-state index in [1.165, 1.54) is 4.88 Å². The Morgan fingerprint density at radius 3 is 2.18 bits per heavy atom. The lowest BCUT2D eigenvalue weighted by atomic mass is 10.0. The number of aliphatic hydroxyl groups excluding tert-OH is 1. The van der Waals surface area contributed by atoms with E-state index in [4.69, 9.17) is 0 Å². The fourth-order valence-corrected chi connectivity index (χ4v) is 3.02. The molecule has 90 valence electrons. The average molecular weight is 311 g/mol. The van der Waals surface area contributed by atoms with E-state index in [2.05, 4.69) is 22.9 Å². The standard InChI is InChI=1S/C14H15BrOS/c1-8-6-11(7-9(2)13(8)15)14(16)12-5-4-10(3)17-12/h4-7,14,16H,1-3H3. The monoisotopic (exact) mass is 310 g/mol. The molecule has 2 aromatic rings. The first-order chi connectivity index (χ1) is 7.99. The highest BCUT2D eigenvalue weighted by Gasteiger charge is 2.14. The van der Waals surface area contributed by atoms with Gasteiger partial charge in [0, 0.05) is 14.2 Å². The van der Waals surface area contributed by atoms with Crippen molar-refractivity contribution in [2.24, 2.45) is 0 Å². The van der Waals surface area contributed by atoms with E-state index in [0.29, 0.717) is 0 Å². The number of rotatable bonds is 2. The van der Waals surface area contributed by atoms with E-state index in [9.17, 15) is 5.11 Å². The van der Waals surface area contributed by atoms with Gasteiger partial charge >= 0.3 is 0 Å². The van der Waals surface area contributed by atoms with E-state index >= 15 is 0 Å². The number of hydrogen-bond acceptors (Lipinski definition) is 2. The Bertz CT molecular complexity index is 522. The first-order valence-corrected chi connectivity index (χ1v) is 7.11.